The first-order valence-corrected chi connectivity index (χ1v) is 15.2. The number of likely N-dealkylation sites (tertiary alicyclic amines) is 2. The zero-order chi connectivity index (χ0) is 29.1. The third-order valence-corrected chi connectivity index (χ3v) is 9.64. The predicted octanol–water partition coefficient (Wildman–Crippen LogP) is 2.07. The minimum Gasteiger partial charge on any atom is -0.477 e. The van der Waals surface area contributed by atoms with Crippen molar-refractivity contribution in [1.82, 2.24) is 20.0 Å². The molecule has 216 valence electrons. The number of amides is 4. The third-order valence-electron chi connectivity index (χ3n) is 7.32. The lowest BCUT2D eigenvalue weighted by Gasteiger charge is -2.49. The number of carboxylic acid groups (broad SMARTS) is 1. The van der Waals surface area contributed by atoms with E-state index in [2.05, 4.69) is 11.9 Å². The maximum atomic E-state index is 13.3. The van der Waals surface area contributed by atoms with Crippen LogP contribution in [-0.4, -0.2) is 105 Å². The normalized spacial score (nSPS) is 24.8. The number of aliphatic carboxylic acids is 1. The van der Waals surface area contributed by atoms with Crippen molar-refractivity contribution >= 4 is 53.3 Å². The van der Waals surface area contributed by atoms with Crippen LogP contribution in [0, 0.1) is 0 Å². The van der Waals surface area contributed by atoms with Crippen molar-refractivity contribution in [2.75, 3.05) is 37.7 Å². The number of carbonyl (C=O) groups is 5. The number of β-lactam (4-membered cyclic amide) rings is 1. The number of benzene rings is 1. The molecule has 3 fully saturated rings. The van der Waals surface area contributed by atoms with Gasteiger partial charge in [-0.1, -0.05) is 30.9 Å². The maximum absolute atomic E-state index is 13.3. The molecule has 0 aromatic heterocycles. The molecule has 4 aliphatic heterocycles. The molecule has 4 aliphatic rings. The predicted molar refractivity (Wildman–Crippen MR) is 153 cm³/mol. The molecule has 2 N–H and O–H groups in total. The van der Waals surface area contributed by atoms with Gasteiger partial charge in [0.1, 0.15) is 23.7 Å². The van der Waals surface area contributed by atoms with Gasteiger partial charge in [0.05, 0.1) is 11.8 Å². The molecule has 41 heavy (non-hydrogen) atoms. The van der Waals surface area contributed by atoms with Crippen LogP contribution >= 0.6 is 23.5 Å². The summed E-state index contributed by atoms with van der Waals surface area (Å²) in [4.78, 5) is 68.6. The SMILES string of the molecule is C=CCOC(=O)N1CC[C@@H](N2CCC(=CC3=C(C(=O)O)N4C(=O)[C@@H](NC(=O)CSc5ccccc5)[C@H]4SC3)C2=O)C1. The standard InChI is InChI=1S/C28H30N4O7S2/c1-2-12-39-28(38)30-10-9-19(14-30)31-11-8-17(24(31)34)13-18-15-41-26-22(25(35)32(26)23(18)27(36)37)29-21(33)16-40-20-6-4-3-5-7-20/h2-7,13,19,22,26H,1,8-12,14-16H2,(H,29,33)(H,36,37)/t19-,22-,26-/m1/s1. The van der Waals surface area contributed by atoms with E-state index in [4.69, 9.17) is 4.74 Å². The number of carbonyl (C=O) groups excluding carboxylic acids is 4. The van der Waals surface area contributed by atoms with Crippen LogP contribution in [-0.2, 0) is 23.9 Å². The fourth-order valence-electron chi connectivity index (χ4n) is 5.34. The lowest BCUT2D eigenvalue weighted by atomic mass is 10.0. The number of hydrogen-bond acceptors (Lipinski definition) is 8. The molecule has 3 atom stereocenters. The Hall–Kier alpha value is -3.71. The van der Waals surface area contributed by atoms with Crippen molar-refractivity contribution in [1.29, 1.82) is 0 Å². The summed E-state index contributed by atoms with van der Waals surface area (Å²) < 4.78 is 5.09. The van der Waals surface area contributed by atoms with E-state index in [1.165, 1.54) is 34.5 Å². The van der Waals surface area contributed by atoms with Crippen LogP contribution in [0.1, 0.15) is 12.8 Å². The maximum Gasteiger partial charge on any atom is 0.410 e. The van der Waals surface area contributed by atoms with Gasteiger partial charge >= 0.3 is 12.1 Å². The van der Waals surface area contributed by atoms with Gasteiger partial charge in [-0.25, -0.2) is 9.59 Å². The second kappa shape index (κ2) is 12.4. The van der Waals surface area contributed by atoms with Gasteiger partial charge in [0, 0.05) is 35.9 Å². The van der Waals surface area contributed by atoms with Crippen molar-refractivity contribution in [2.24, 2.45) is 0 Å². The van der Waals surface area contributed by atoms with Gasteiger partial charge in [0.25, 0.3) is 5.91 Å². The Morgan fingerprint density at radius 3 is 2.71 bits per heavy atom. The Morgan fingerprint density at radius 1 is 1.20 bits per heavy atom. The number of hydrogen-bond donors (Lipinski definition) is 2. The summed E-state index contributed by atoms with van der Waals surface area (Å²) in [5, 5.41) is 12.2. The number of nitrogens with one attached hydrogen (secondary N) is 1. The molecule has 3 saturated heterocycles. The van der Waals surface area contributed by atoms with E-state index in [0.717, 1.165) is 4.90 Å². The van der Waals surface area contributed by atoms with Crippen molar-refractivity contribution < 1.29 is 33.8 Å². The molecule has 13 heteroatoms. The molecular weight excluding hydrogens is 568 g/mol. The minimum absolute atomic E-state index is 0.120. The van der Waals surface area contributed by atoms with Crippen LogP contribution in [0.4, 0.5) is 4.79 Å². The first kappa shape index (κ1) is 28.8. The lowest BCUT2D eigenvalue weighted by Crippen LogP contribution is -2.70. The summed E-state index contributed by atoms with van der Waals surface area (Å²) >= 11 is 2.71. The minimum atomic E-state index is -1.26. The van der Waals surface area contributed by atoms with Crippen LogP contribution in [0.15, 0.2) is 70.8 Å². The Bertz CT molecular complexity index is 1330. The monoisotopic (exact) mass is 598 g/mol. The number of nitrogens with zero attached hydrogens (tertiary/aromatic N) is 3. The third kappa shape index (κ3) is 6.01. The second-order valence-electron chi connectivity index (χ2n) is 9.91. The average molecular weight is 599 g/mol. The summed E-state index contributed by atoms with van der Waals surface area (Å²) in [6, 6.07) is 8.47. The fourth-order valence-corrected chi connectivity index (χ4v) is 7.38. The van der Waals surface area contributed by atoms with E-state index in [9.17, 15) is 29.1 Å². The van der Waals surface area contributed by atoms with Crippen LogP contribution in [0.2, 0.25) is 0 Å². The number of fused-ring (bicyclic) bond motifs is 1. The first-order valence-electron chi connectivity index (χ1n) is 13.2. The summed E-state index contributed by atoms with van der Waals surface area (Å²) in [5.74, 6) is -1.82. The average Bonchev–Trinajstić information content (AvgIpc) is 3.60. The molecule has 0 radical (unpaired) electrons. The van der Waals surface area contributed by atoms with Gasteiger partial charge in [0.2, 0.25) is 11.8 Å². The zero-order valence-electron chi connectivity index (χ0n) is 22.2. The highest BCUT2D eigenvalue weighted by Crippen LogP contribution is 2.41. The molecule has 0 unspecified atom stereocenters. The number of carboxylic acids is 1. The van der Waals surface area contributed by atoms with Crippen molar-refractivity contribution in [2.45, 2.75) is 35.2 Å². The first-order chi connectivity index (χ1) is 19.8. The smallest absolute Gasteiger partial charge is 0.410 e. The number of allylic oxidation sites excluding steroid dienone is 1. The Morgan fingerprint density at radius 2 is 1.98 bits per heavy atom. The number of ether oxygens (including phenoxy) is 1. The molecule has 11 nitrogen and oxygen atoms in total. The summed E-state index contributed by atoms with van der Waals surface area (Å²) in [6.45, 7) is 4.97. The van der Waals surface area contributed by atoms with Gasteiger partial charge in [-0.3, -0.25) is 19.3 Å². The Balaban J connectivity index is 1.22. The highest BCUT2D eigenvalue weighted by Gasteiger charge is 2.54. The lowest BCUT2D eigenvalue weighted by molar-refractivity contribution is -0.150. The molecule has 0 saturated carbocycles. The molecule has 1 aromatic carbocycles. The van der Waals surface area contributed by atoms with Gasteiger partial charge < -0.3 is 25.0 Å². The quantitative estimate of drug-likeness (QED) is 0.189. The summed E-state index contributed by atoms with van der Waals surface area (Å²) in [5.41, 5.74) is 0.711. The molecular formula is C28H30N4O7S2. The van der Waals surface area contributed by atoms with Crippen LogP contribution in [0.5, 0.6) is 0 Å². The molecule has 4 heterocycles. The van der Waals surface area contributed by atoms with Crippen molar-refractivity contribution in [3.05, 3.63) is 65.9 Å². The molecule has 1 aromatic rings. The Labute approximate surface area is 245 Å². The van der Waals surface area contributed by atoms with Crippen molar-refractivity contribution in [3.63, 3.8) is 0 Å². The fraction of sp³-hybridized carbons (Fsp3) is 0.393. The molecule has 0 bridgehead atoms. The molecule has 0 aliphatic carbocycles. The van der Waals surface area contributed by atoms with E-state index >= 15 is 0 Å². The van der Waals surface area contributed by atoms with Gasteiger partial charge in [-0.2, -0.15) is 0 Å². The van der Waals surface area contributed by atoms with E-state index in [0.29, 0.717) is 43.6 Å². The molecule has 5 rings (SSSR count). The van der Waals surface area contributed by atoms with E-state index in [1.807, 2.05) is 30.3 Å². The molecule has 4 amide bonds. The van der Waals surface area contributed by atoms with Crippen molar-refractivity contribution in [3.8, 4) is 0 Å². The van der Waals surface area contributed by atoms with Gasteiger partial charge in [-0.05, 0) is 36.6 Å². The van der Waals surface area contributed by atoms with Crippen LogP contribution < -0.4 is 5.32 Å². The highest BCUT2D eigenvalue weighted by atomic mass is 32.2. The van der Waals surface area contributed by atoms with E-state index < -0.39 is 29.4 Å². The second-order valence-corrected chi connectivity index (χ2v) is 12.1. The topological polar surface area (TPSA) is 137 Å². The van der Waals surface area contributed by atoms with E-state index in [1.54, 1.807) is 15.9 Å². The Kier molecular flexibility index (Phi) is 8.74. The van der Waals surface area contributed by atoms with Crippen LogP contribution in [0.3, 0.4) is 0 Å². The summed E-state index contributed by atoms with van der Waals surface area (Å²) in [7, 11) is 0. The summed E-state index contributed by atoms with van der Waals surface area (Å²) in [6.07, 6.45) is 3.71. The number of rotatable bonds is 9. The molecule has 0 spiro atoms. The zero-order valence-corrected chi connectivity index (χ0v) is 23.8. The van der Waals surface area contributed by atoms with Crippen LogP contribution in [0.25, 0.3) is 0 Å². The van der Waals surface area contributed by atoms with Gasteiger partial charge in [-0.15, -0.1) is 23.5 Å². The largest absolute Gasteiger partial charge is 0.477 e. The van der Waals surface area contributed by atoms with E-state index in [-0.39, 0.29) is 41.7 Å². The number of thioether (sulfide) groups is 2. The van der Waals surface area contributed by atoms with Gasteiger partial charge in [0.15, 0.2) is 0 Å². The highest BCUT2D eigenvalue weighted by molar-refractivity contribution is 8.00.